The van der Waals surface area contributed by atoms with Gasteiger partial charge in [-0.15, -0.1) is 0 Å². The molecule has 1 aliphatic heterocycles. The summed E-state index contributed by atoms with van der Waals surface area (Å²) in [5.74, 6) is -0.239. The largest absolute Gasteiger partial charge is 0.310 e. The van der Waals surface area contributed by atoms with Crippen molar-refractivity contribution in [3.05, 3.63) is 57.6 Å². The average molecular weight is 377 g/mol. The van der Waals surface area contributed by atoms with E-state index in [2.05, 4.69) is 34.8 Å². The Labute approximate surface area is 143 Å². The highest BCUT2D eigenvalue weighted by atomic mass is 79.9. The number of benzene rings is 1. The lowest BCUT2D eigenvalue weighted by Crippen LogP contribution is -2.32. The van der Waals surface area contributed by atoms with Gasteiger partial charge in [-0.25, -0.2) is 9.37 Å². The first-order valence-electron chi connectivity index (χ1n) is 7.50. The Hall–Kier alpha value is -1.75. The zero-order chi connectivity index (χ0) is 16.8. The fraction of sp³-hybridized carbons (Fsp3) is 0.333. The highest BCUT2D eigenvalue weighted by Gasteiger charge is 2.39. The Morgan fingerprint density at radius 3 is 2.78 bits per heavy atom. The maximum Gasteiger partial charge on any atom is 0.223 e. The number of hydrogen-bond acceptors (Lipinski definition) is 2. The van der Waals surface area contributed by atoms with Crippen LogP contribution in [0.1, 0.15) is 37.6 Å². The zero-order valence-corrected chi connectivity index (χ0v) is 14.9. The van der Waals surface area contributed by atoms with E-state index in [1.165, 1.54) is 12.1 Å². The third-order valence-electron chi connectivity index (χ3n) is 4.18. The highest BCUT2D eigenvalue weighted by Crippen LogP contribution is 2.41. The number of carbonyl (C=O) groups excluding carboxylic acids is 1. The van der Waals surface area contributed by atoms with Crippen molar-refractivity contribution in [1.82, 2.24) is 4.98 Å². The number of amides is 1. The van der Waals surface area contributed by atoms with Crippen molar-refractivity contribution in [2.24, 2.45) is 0 Å². The maximum absolute atomic E-state index is 13.4. The Balaban J connectivity index is 2.04. The number of pyridine rings is 1. The van der Waals surface area contributed by atoms with Crippen LogP contribution < -0.4 is 4.90 Å². The molecule has 1 aromatic carbocycles. The molecule has 1 aromatic heterocycles. The van der Waals surface area contributed by atoms with Crippen LogP contribution in [-0.4, -0.2) is 17.4 Å². The fourth-order valence-electron chi connectivity index (χ4n) is 3.05. The van der Waals surface area contributed by atoms with Gasteiger partial charge in [0.15, 0.2) is 0 Å². The van der Waals surface area contributed by atoms with E-state index in [0.29, 0.717) is 13.0 Å². The van der Waals surface area contributed by atoms with Crippen LogP contribution in [0.25, 0.3) is 0 Å². The summed E-state index contributed by atoms with van der Waals surface area (Å²) in [6.45, 7) is 6.36. The molecule has 0 bridgehead atoms. The van der Waals surface area contributed by atoms with Crippen LogP contribution in [0, 0.1) is 5.82 Å². The van der Waals surface area contributed by atoms with Gasteiger partial charge < -0.3 is 4.90 Å². The average Bonchev–Trinajstić information content (AvgIpc) is 2.71. The van der Waals surface area contributed by atoms with Crippen molar-refractivity contribution >= 4 is 27.5 Å². The van der Waals surface area contributed by atoms with Crippen molar-refractivity contribution in [3.8, 4) is 0 Å². The molecular formula is C18H18BrFN2O. The van der Waals surface area contributed by atoms with Gasteiger partial charge in [-0.1, -0.05) is 26.0 Å². The van der Waals surface area contributed by atoms with E-state index in [1.54, 1.807) is 17.9 Å². The number of halogens is 2. The van der Waals surface area contributed by atoms with E-state index in [4.69, 9.17) is 0 Å². The number of hydrogen-bond donors (Lipinski definition) is 0. The highest BCUT2D eigenvalue weighted by molar-refractivity contribution is 9.10. The second kappa shape index (κ2) is 5.71. The van der Waals surface area contributed by atoms with Crippen molar-refractivity contribution in [2.75, 3.05) is 11.4 Å². The molecule has 0 saturated carbocycles. The Bertz CT molecular complexity index is 789. The molecule has 0 N–H and O–H groups in total. The molecule has 23 heavy (non-hydrogen) atoms. The molecule has 1 aliphatic rings. The first kappa shape index (κ1) is 16.1. The van der Waals surface area contributed by atoms with E-state index >= 15 is 0 Å². The quantitative estimate of drug-likeness (QED) is 0.735. The predicted molar refractivity (Wildman–Crippen MR) is 92.2 cm³/mol. The van der Waals surface area contributed by atoms with E-state index in [-0.39, 0.29) is 17.1 Å². The SMILES string of the molecule is CC(=O)N1CC(C)(C)c2nc(Br)c(Cc3cccc(F)c3)cc21. The second-order valence-electron chi connectivity index (χ2n) is 6.60. The maximum atomic E-state index is 13.4. The molecule has 2 aromatic rings. The van der Waals surface area contributed by atoms with Gasteiger partial charge in [0.05, 0.1) is 11.4 Å². The summed E-state index contributed by atoms with van der Waals surface area (Å²) < 4.78 is 14.1. The summed E-state index contributed by atoms with van der Waals surface area (Å²) in [6.07, 6.45) is 0.560. The molecule has 1 amide bonds. The standard InChI is InChI=1S/C18H18BrFN2O/c1-11(23)22-10-18(2,3)16-15(22)9-13(17(19)21-16)7-12-5-4-6-14(20)8-12/h4-6,8-9H,7,10H2,1-3H3. The molecule has 0 saturated heterocycles. The first-order chi connectivity index (χ1) is 10.8. The van der Waals surface area contributed by atoms with Gasteiger partial charge in [0.2, 0.25) is 5.91 Å². The van der Waals surface area contributed by atoms with Crippen LogP contribution in [0.5, 0.6) is 0 Å². The third-order valence-corrected chi connectivity index (χ3v) is 4.86. The number of fused-ring (bicyclic) bond motifs is 1. The molecule has 5 heteroatoms. The number of carbonyl (C=O) groups is 1. The summed E-state index contributed by atoms with van der Waals surface area (Å²) in [5, 5.41) is 0. The Morgan fingerprint density at radius 2 is 2.13 bits per heavy atom. The van der Waals surface area contributed by atoms with Gasteiger partial charge in [-0.05, 0) is 45.3 Å². The van der Waals surface area contributed by atoms with Gasteiger partial charge in [0.25, 0.3) is 0 Å². The lowest BCUT2D eigenvalue weighted by molar-refractivity contribution is -0.116. The van der Waals surface area contributed by atoms with Gasteiger partial charge >= 0.3 is 0 Å². The van der Waals surface area contributed by atoms with Crippen LogP contribution >= 0.6 is 15.9 Å². The Kier molecular flexibility index (Phi) is 4.00. The van der Waals surface area contributed by atoms with Crippen LogP contribution in [0.2, 0.25) is 0 Å². The number of anilines is 1. The van der Waals surface area contributed by atoms with Crippen LogP contribution in [-0.2, 0) is 16.6 Å². The molecule has 0 fully saturated rings. The monoisotopic (exact) mass is 376 g/mol. The van der Waals surface area contributed by atoms with Crippen LogP contribution in [0.15, 0.2) is 34.9 Å². The molecule has 3 rings (SSSR count). The lowest BCUT2D eigenvalue weighted by atomic mass is 9.91. The van der Waals surface area contributed by atoms with Crippen molar-refractivity contribution in [3.63, 3.8) is 0 Å². The van der Waals surface area contributed by atoms with Crippen LogP contribution in [0.3, 0.4) is 0 Å². The minimum Gasteiger partial charge on any atom is -0.310 e. The zero-order valence-electron chi connectivity index (χ0n) is 13.4. The van der Waals surface area contributed by atoms with E-state index in [0.717, 1.165) is 27.1 Å². The summed E-state index contributed by atoms with van der Waals surface area (Å²) in [5.41, 5.74) is 3.41. The van der Waals surface area contributed by atoms with Gasteiger partial charge in [0, 0.05) is 25.3 Å². The fourth-order valence-corrected chi connectivity index (χ4v) is 3.48. The predicted octanol–water partition coefficient (Wildman–Crippen LogP) is 4.22. The molecule has 0 radical (unpaired) electrons. The lowest BCUT2D eigenvalue weighted by Gasteiger charge is -2.18. The van der Waals surface area contributed by atoms with Crippen molar-refractivity contribution in [1.29, 1.82) is 0 Å². The molecule has 120 valence electrons. The Morgan fingerprint density at radius 1 is 1.39 bits per heavy atom. The minimum atomic E-state index is -0.251. The third kappa shape index (κ3) is 3.02. The van der Waals surface area contributed by atoms with Gasteiger partial charge in [0.1, 0.15) is 10.4 Å². The number of nitrogens with zero attached hydrogens (tertiary/aromatic N) is 2. The van der Waals surface area contributed by atoms with Crippen LogP contribution in [0.4, 0.5) is 10.1 Å². The number of rotatable bonds is 2. The summed E-state index contributed by atoms with van der Waals surface area (Å²) >= 11 is 3.53. The van der Waals surface area contributed by atoms with Gasteiger partial charge in [-0.3, -0.25) is 4.79 Å². The smallest absolute Gasteiger partial charge is 0.223 e. The summed E-state index contributed by atoms with van der Waals surface area (Å²) in [7, 11) is 0. The van der Waals surface area contributed by atoms with E-state index < -0.39 is 0 Å². The van der Waals surface area contributed by atoms with Gasteiger partial charge in [-0.2, -0.15) is 0 Å². The molecule has 0 unspecified atom stereocenters. The molecule has 3 nitrogen and oxygen atoms in total. The van der Waals surface area contributed by atoms with E-state index in [9.17, 15) is 9.18 Å². The molecule has 0 aliphatic carbocycles. The minimum absolute atomic E-state index is 0.0117. The van der Waals surface area contributed by atoms with Crippen molar-refractivity contribution < 1.29 is 9.18 Å². The van der Waals surface area contributed by atoms with E-state index in [1.807, 2.05) is 12.1 Å². The molecular weight excluding hydrogens is 359 g/mol. The topological polar surface area (TPSA) is 33.2 Å². The first-order valence-corrected chi connectivity index (χ1v) is 8.30. The molecule has 2 heterocycles. The summed E-state index contributed by atoms with van der Waals surface area (Å²) in [6, 6.07) is 8.53. The molecule has 0 spiro atoms. The normalized spacial score (nSPS) is 15.6. The molecule has 0 atom stereocenters. The summed E-state index contributed by atoms with van der Waals surface area (Å²) in [4.78, 5) is 18.4. The second-order valence-corrected chi connectivity index (χ2v) is 7.35. The number of aromatic nitrogens is 1. The van der Waals surface area contributed by atoms with Crippen molar-refractivity contribution in [2.45, 2.75) is 32.6 Å².